The molecule has 1 aromatic heterocycles. The Kier molecular flexibility index (Phi) is 5.54. The van der Waals surface area contributed by atoms with Crippen molar-refractivity contribution in [2.45, 2.75) is 26.3 Å². The van der Waals surface area contributed by atoms with Crippen molar-refractivity contribution in [3.63, 3.8) is 0 Å². The smallest absolute Gasteiger partial charge is 0.256 e. The number of aromatic amines is 1. The van der Waals surface area contributed by atoms with Gasteiger partial charge in [-0.05, 0) is 32.9 Å². The molecule has 126 valence electrons. The summed E-state index contributed by atoms with van der Waals surface area (Å²) in [6, 6.07) is 3.51. The number of carbonyl (C=O) groups excluding carboxylic acids is 2. The highest BCUT2D eigenvalue weighted by Gasteiger charge is 2.24. The molecule has 0 bridgehead atoms. The Bertz CT molecular complexity index is 627. The Morgan fingerprint density at radius 2 is 1.91 bits per heavy atom. The molecule has 1 aromatic rings. The largest absolute Gasteiger partial charge is 0.352 e. The molecule has 0 aromatic carbocycles. The number of hydrogen-bond acceptors (Lipinski definition) is 4. The van der Waals surface area contributed by atoms with E-state index < -0.39 is 0 Å². The summed E-state index contributed by atoms with van der Waals surface area (Å²) in [5, 5.41) is 2.95. The average molecular weight is 336 g/mol. The molecule has 0 aliphatic carbocycles. The van der Waals surface area contributed by atoms with Gasteiger partial charge in [0.05, 0.1) is 12.1 Å². The van der Waals surface area contributed by atoms with Gasteiger partial charge in [-0.1, -0.05) is 12.2 Å². The third-order valence-electron chi connectivity index (χ3n) is 3.59. The SMILES string of the molecule is CC(C)(C)NC(=O)CN1CCN(C(=O)c2ccc[nH]c2=S)CC1. The van der Waals surface area contributed by atoms with Crippen molar-refractivity contribution in [3.05, 3.63) is 28.5 Å². The molecular weight excluding hydrogens is 312 g/mol. The van der Waals surface area contributed by atoms with Crippen LogP contribution in [0.4, 0.5) is 0 Å². The minimum Gasteiger partial charge on any atom is -0.352 e. The number of H-pyrrole nitrogens is 1. The van der Waals surface area contributed by atoms with Gasteiger partial charge in [0.25, 0.3) is 5.91 Å². The summed E-state index contributed by atoms with van der Waals surface area (Å²) >= 11 is 5.16. The number of carbonyl (C=O) groups is 2. The van der Waals surface area contributed by atoms with Crippen molar-refractivity contribution in [3.8, 4) is 0 Å². The molecule has 0 atom stereocenters. The van der Waals surface area contributed by atoms with E-state index in [1.54, 1.807) is 23.2 Å². The lowest BCUT2D eigenvalue weighted by Gasteiger charge is -2.34. The number of aromatic nitrogens is 1. The third kappa shape index (κ3) is 5.14. The highest BCUT2D eigenvalue weighted by atomic mass is 32.1. The number of rotatable bonds is 3. The number of nitrogens with one attached hydrogen (secondary N) is 2. The van der Waals surface area contributed by atoms with E-state index in [4.69, 9.17) is 12.2 Å². The Hall–Kier alpha value is -1.73. The van der Waals surface area contributed by atoms with Gasteiger partial charge in [-0.3, -0.25) is 14.5 Å². The Balaban J connectivity index is 1.87. The van der Waals surface area contributed by atoms with Gasteiger partial charge in [-0.2, -0.15) is 0 Å². The number of hydrogen-bond donors (Lipinski definition) is 2. The first kappa shape index (κ1) is 17.6. The quantitative estimate of drug-likeness (QED) is 0.819. The van der Waals surface area contributed by atoms with Crippen LogP contribution in [0.5, 0.6) is 0 Å². The molecule has 0 saturated carbocycles. The Morgan fingerprint density at radius 3 is 2.48 bits per heavy atom. The average Bonchev–Trinajstić information content (AvgIpc) is 2.46. The molecule has 2 N–H and O–H groups in total. The summed E-state index contributed by atoms with van der Waals surface area (Å²) in [4.78, 5) is 31.2. The predicted molar refractivity (Wildman–Crippen MR) is 91.9 cm³/mol. The van der Waals surface area contributed by atoms with Crippen LogP contribution in [0, 0.1) is 4.64 Å². The van der Waals surface area contributed by atoms with Crippen LogP contribution in [0.2, 0.25) is 0 Å². The molecule has 2 amide bonds. The predicted octanol–water partition coefficient (Wildman–Crippen LogP) is 1.42. The number of amides is 2. The molecule has 2 heterocycles. The minimum atomic E-state index is -0.224. The van der Waals surface area contributed by atoms with E-state index in [2.05, 4.69) is 15.2 Å². The molecule has 1 fully saturated rings. The fourth-order valence-corrected chi connectivity index (χ4v) is 2.75. The Morgan fingerprint density at radius 1 is 1.26 bits per heavy atom. The van der Waals surface area contributed by atoms with Gasteiger partial charge < -0.3 is 15.2 Å². The molecular formula is C16H24N4O2S. The second-order valence-electron chi connectivity index (χ2n) is 6.78. The van der Waals surface area contributed by atoms with Crippen molar-refractivity contribution in [1.29, 1.82) is 0 Å². The number of nitrogens with zero attached hydrogens (tertiary/aromatic N) is 2. The van der Waals surface area contributed by atoms with Crippen molar-refractivity contribution >= 4 is 24.0 Å². The monoisotopic (exact) mass is 336 g/mol. The Labute approximate surface area is 141 Å². The minimum absolute atomic E-state index is 0.0165. The van der Waals surface area contributed by atoms with Gasteiger partial charge in [0.15, 0.2) is 0 Å². The summed E-state index contributed by atoms with van der Waals surface area (Å²) in [5.41, 5.74) is 0.305. The maximum Gasteiger partial charge on any atom is 0.256 e. The summed E-state index contributed by atoms with van der Waals surface area (Å²) in [7, 11) is 0. The van der Waals surface area contributed by atoms with E-state index in [-0.39, 0.29) is 17.4 Å². The van der Waals surface area contributed by atoms with Gasteiger partial charge in [0.1, 0.15) is 4.64 Å². The van der Waals surface area contributed by atoms with Gasteiger partial charge >= 0.3 is 0 Å². The molecule has 0 unspecified atom stereocenters. The van der Waals surface area contributed by atoms with E-state index in [1.807, 2.05) is 20.8 Å². The van der Waals surface area contributed by atoms with Crippen LogP contribution < -0.4 is 5.32 Å². The summed E-state index contributed by atoms with van der Waals surface area (Å²) in [5.74, 6) is -0.0339. The van der Waals surface area contributed by atoms with Crippen LogP contribution in [0.3, 0.4) is 0 Å². The van der Waals surface area contributed by atoms with Gasteiger partial charge in [-0.15, -0.1) is 0 Å². The second kappa shape index (κ2) is 7.23. The molecule has 0 spiro atoms. The van der Waals surface area contributed by atoms with E-state index in [0.29, 0.717) is 42.9 Å². The van der Waals surface area contributed by atoms with Crippen LogP contribution in [-0.2, 0) is 4.79 Å². The zero-order valence-electron chi connectivity index (χ0n) is 13.9. The fraction of sp³-hybridized carbons (Fsp3) is 0.562. The molecule has 7 heteroatoms. The maximum absolute atomic E-state index is 12.5. The second-order valence-corrected chi connectivity index (χ2v) is 7.19. The van der Waals surface area contributed by atoms with Gasteiger partial charge in [-0.25, -0.2) is 0 Å². The standard InChI is InChI=1S/C16H24N4O2S/c1-16(2,3)18-13(21)11-19-7-9-20(10-8-19)15(22)12-5-4-6-17-14(12)23/h4-6H,7-11H2,1-3H3,(H,17,23)(H,18,21). The first-order valence-electron chi connectivity index (χ1n) is 7.76. The normalized spacial score (nSPS) is 16.2. The molecule has 6 nitrogen and oxygen atoms in total. The summed E-state index contributed by atoms with van der Waals surface area (Å²) in [6.45, 7) is 8.83. The van der Waals surface area contributed by atoms with E-state index in [1.165, 1.54) is 0 Å². The van der Waals surface area contributed by atoms with Gasteiger partial charge in [0.2, 0.25) is 5.91 Å². The van der Waals surface area contributed by atoms with Gasteiger partial charge in [0, 0.05) is 37.9 Å². The number of piperazine rings is 1. The molecule has 1 aliphatic rings. The highest BCUT2D eigenvalue weighted by Crippen LogP contribution is 2.09. The lowest BCUT2D eigenvalue weighted by molar-refractivity contribution is -0.124. The van der Waals surface area contributed by atoms with Crippen molar-refractivity contribution in [2.75, 3.05) is 32.7 Å². The first-order valence-corrected chi connectivity index (χ1v) is 8.17. The maximum atomic E-state index is 12.5. The van der Waals surface area contributed by atoms with E-state index >= 15 is 0 Å². The van der Waals surface area contributed by atoms with Crippen molar-refractivity contribution in [2.24, 2.45) is 0 Å². The van der Waals surface area contributed by atoms with Crippen LogP contribution in [-0.4, -0.2) is 64.9 Å². The van der Waals surface area contributed by atoms with E-state index in [9.17, 15) is 9.59 Å². The molecule has 0 radical (unpaired) electrons. The lowest BCUT2D eigenvalue weighted by Crippen LogP contribution is -2.52. The highest BCUT2D eigenvalue weighted by molar-refractivity contribution is 7.71. The molecule has 2 rings (SSSR count). The molecule has 1 aliphatic heterocycles. The zero-order valence-corrected chi connectivity index (χ0v) is 14.7. The van der Waals surface area contributed by atoms with Crippen LogP contribution >= 0.6 is 12.2 Å². The van der Waals surface area contributed by atoms with Crippen molar-refractivity contribution in [1.82, 2.24) is 20.1 Å². The van der Waals surface area contributed by atoms with Crippen LogP contribution in [0.15, 0.2) is 18.3 Å². The van der Waals surface area contributed by atoms with Crippen molar-refractivity contribution < 1.29 is 9.59 Å². The zero-order chi connectivity index (χ0) is 17.0. The molecule has 1 saturated heterocycles. The first-order chi connectivity index (χ1) is 10.8. The molecule has 23 heavy (non-hydrogen) atoms. The number of pyridine rings is 1. The van der Waals surface area contributed by atoms with Crippen LogP contribution in [0.1, 0.15) is 31.1 Å². The summed E-state index contributed by atoms with van der Waals surface area (Å²) < 4.78 is 0.462. The topological polar surface area (TPSA) is 68.4 Å². The third-order valence-corrected chi connectivity index (χ3v) is 3.93. The summed E-state index contributed by atoms with van der Waals surface area (Å²) in [6.07, 6.45) is 1.71. The lowest BCUT2D eigenvalue weighted by atomic mass is 10.1. The van der Waals surface area contributed by atoms with E-state index in [0.717, 1.165) is 0 Å². The van der Waals surface area contributed by atoms with Crippen LogP contribution in [0.25, 0.3) is 0 Å². The fourth-order valence-electron chi connectivity index (χ4n) is 2.53.